The minimum Gasteiger partial charge on any atom is -0.461 e. The van der Waals surface area contributed by atoms with E-state index in [1.807, 2.05) is 60.7 Å². The third kappa shape index (κ3) is 4.01. The van der Waals surface area contributed by atoms with Crippen LogP contribution in [0.15, 0.2) is 72.8 Å². The van der Waals surface area contributed by atoms with E-state index in [1.165, 1.54) is 4.90 Å². The first-order valence-electron chi connectivity index (χ1n) is 9.90. The van der Waals surface area contributed by atoms with Crippen LogP contribution in [-0.4, -0.2) is 35.8 Å². The predicted molar refractivity (Wildman–Crippen MR) is 115 cm³/mol. The van der Waals surface area contributed by atoms with Gasteiger partial charge in [-0.25, -0.2) is 0 Å². The number of carbonyl (C=O) groups is 3. The number of ether oxygens (including phenoxy) is 1. The summed E-state index contributed by atoms with van der Waals surface area (Å²) in [7, 11) is 0. The number of hydrogen-bond donors (Lipinski definition) is 0. The van der Waals surface area contributed by atoms with Crippen LogP contribution in [0.25, 0.3) is 16.8 Å². The molecule has 0 spiro atoms. The summed E-state index contributed by atoms with van der Waals surface area (Å²) in [5.41, 5.74) is 2.08. The zero-order valence-electron chi connectivity index (χ0n) is 16.4. The van der Waals surface area contributed by atoms with Crippen molar-refractivity contribution in [1.82, 2.24) is 4.90 Å². The Morgan fingerprint density at radius 1 is 0.867 bits per heavy atom. The molecule has 4 rings (SSSR count). The lowest BCUT2D eigenvalue weighted by Crippen LogP contribution is -2.41. The fourth-order valence-electron chi connectivity index (χ4n) is 3.63. The summed E-state index contributed by atoms with van der Waals surface area (Å²) in [4.78, 5) is 38.8. The smallest absolute Gasteiger partial charge is 0.306 e. The molecule has 1 aliphatic heterocycles. The molecule has 0 N–H and O–H groups in total. The van der Waals surface area contributed by atoms with Gasteiger partial charge in [-0.2, -0.15) is 0 Å². The van der Waals surface area contributed by atoms with Gasteiger partial charge >= 0.3 is 5.97 Å². The first-order valence-corrected chi connectivity index (χ1v) is 9.90. The fraction of sp³-hybridized carbons (Fsp3) is 0.160. The normalized spacial score (nSPS) is 13.3. The molecule has 0 saturated carbocycles. The van der Waals surface area contributed by atoms with E-state index in [1.54, 1.807) is 18.2 Å². The van der Waals surface area contributed by atoms with Crippen LogP contribution >= 0.6 is 0 Å². The molecule has 0 unspecified atom stereocenters. The molecule has 1 aliphatic rings. The van der Waals surface area contributed by atoms with E-state index in [9.17, 15) is 14.4 Å². The Morgan fingerprint density at radius 2 is 1.53 bits per heavy atom. The van der Waals surface area contributed by atoms with Gasteiger partial charge in [0.25, 0.3) is 11.8 Å². The zero-order valence-corrected chi connectivity index (χ0v) is 16.4. The SMILES string of the molecule is O=C(CCCN1C(=O)c2cccc3cccc(c23)C1=O)OCC=Cc1ccccc1. The summed E-state index contributed by atoms with van der Waals surface area (Å²) in [5.74, 6) is -0.987. The number of esters is 1. The maximum absolute atomic E-state index is 12.8. The van der Waals surface area contributed by atoms with Crippen molar-refractivity contribution in [2.24, 2.45) is 0 Å². The standard InChI is InChI=1S/C25H21NO4/c27-22(30-17-7-10-18-8-2-1-3-9-18)15-6-16-26-24(28)20-13-4-11-19-12-5-14-21(23(19)20)25(26)29/h1-5,7-14H,6,15-17H2. The Balaban J connectivity index is 1.31. The van der Waals surface area contributed by atoms with Crippen LogP contribution in [0.4, 0.5) is 0 Å². The molecule has 0 atom stereocenters. The van der Waals surface area contributed by atoms with Gasteiger partial charge in [0, 0.05) is 29.5 Å². The highest BCUT2D eigenvalue weighted by Crippen LogP contribution is 2.30. The monoisotopic (exact) mass is 399 g/mol. The molecule has 0 fully saturated rings. The van der Waals surface area contributed by atoms with Gasteiger partial charge in [0.15, 0.2) is 0 Å². The second kappa shape index (κ2) is 8.74. The third-order valence-electron chi connectivity index (χ3n) is 5.07. The molecule has 150 valence electrons. The number of benzene rings is 3. The quantitative estimate of drug-likeness (QED) is 0.434. The summed E-state index contributed by atoms with van der Waals surface area (Å²) in [6.45, 7) is 0.363. The molecule has 3 aromatic rings. The summed E-state index contributed by atoms with van der Waals surface area (Å²) in [6.07, 6.45) is 4.16. The number of hydrogen-bond acceptors (Lipinski definition) is 4. The minimum absolute atomic E-state index is 0.141. The van der Waals surface area contributed by atoms with Crippen LogP contribution in [0.3, 0.4) is 0 Å². The van der Waals surface area contributed by atoms with Gasteiger partial charge in [-0.05, 0) is 35.6 Å². The van der Waals surface area contributed by atoms with Gasteiger partial charge in [0.1, 0.15) is 6.61 Å². The van der Waals surface area contributed by atoms with E-state index in [-0.39, 0.29) is 37.4 Å². The van der Waals surface area contributed by atoms with Crippen LogP contribution in [-0.2, 0) is 9.53 Å². The lowest BCUT2D eigenvalue weighted by Gasteiger charge is -2.27. The van der Waals surface area contributed by atoms with Gasteiger partial charge < -0.3 is 4.74 Å². The van der Waals surface area contributed by atoms with Crippen molar-refractivity contribution in [2.75, 3.05) is 13.2 Å². The fourth-order valence-corrected chi connectivity index (χ4v) is 3.63. The zero-order chi connectivity index (χ0) is 20.9. The lowest BCUT2D eigenvalue weighted by atomic mass is 9.94. The first kappa shape index (κ1) is 19.6. The number of nitrogens with zero attached hydrogens (tertiary/aromatic N) is 1. The van der Waals surface area contributed by atoms with Gasteiger partial charge in [-0.15, -0.1) is 0 Å². The average Bonchev–Trinajstić information content (AvgIpc) is 2.78. The molecule has 3 aromatic carbocycles. The molecule has 0 aliphatic carbocycles. The Bertz CT molecular complexity index is 1080. The van der Waals surface area contributed by atoms with Crippen molar-refractivity contribution in [3.63, 3.8) is 0 Å². The molecule has 5 nitrogen and oxygen atoms in total. The van der Waals surface area contributed by atoms with Crippen molar-refractivity contribution in [2.45, 2.75) is 12.8 Å². The van der Waals surface area contributed by atoms with Crippen LogP contribution in [0.2, 0.25) is 0 Å². The number of amides is 2. The van der Waals surface area contributed by atoms with Crippen LogP contribution in [0.5, 0.6) is 0 Å². The van der Waals surface area contributed by atoms with Crippen LogP contribution < -0.4 is 0 Å². The van der Waals surface area contributed by atoms with Gasteiger partial charge in [-0.3, -0.25) is 19.3 Å². The highest BCUT2D eigenvalue weighted by molar-refractivity contribution is 6.25. The highest BCUT2D eigenvalue weighted by atomic mass is 16.5. The van der Waals surface area contributed by atoms with Crippen molar-refractivity contribution >= 4 is 34.6 Å². The summed E-state index contributed by atoms with van der Waals surface area (Å²) < 4.78 is 5.20. The van der Waals surface area contributed by atoms with Crippen molar-refractivity contribution in [3.8, 4) is 0 Å². The Hall–Kier alpha value is -3.73. The third-order valence-corrected chi connectivity index (χ3v) is 5.07. The second-order valence-corrected chi connectivity index (χ2v) is 7.07. The molecular formula is C25H21NO4. The summed E-state index contributed by atoms with van der Waals surface area (Å²) >= 11 is 0. The highest BCUT2D eigenvalue weighted by Gasteiger charge is 2.32. The summed E-state index contributed by atoms with van der Waals surface area (Å²) in [5, 5.41) is 1.58. The summed E-state index contributed by atoms with van der Waals surface area (Å²) in [6, 6.07) is 20.6. The van der Waals surface area contributed by atoms with Crippen LogP contribution in [0, 0.1) is 0 Å². The van der Waals surface area contributed by atoms with Crippen LogP contribution in [0.1, 0.15) is 39.1 Å². The number of carbonyl (C=O) groups excluding carboxylic acids is 3. The van der Waals surface area contributed by atoms with Gasteiger partial charge in [0.2, 0.25) is 0 Å². The first-order chi connectivity index (χ1) is 14.6. The van der Waals surface area contributed by atoms with Gasteiger partial charge in [0.05, 0.1) is 0 Å². The predicted octanol–water partition coefficient (Wildman–Crippen LogP) is 4.47. The molecule has 0 bridgehead atoms. The van der Waals surface area contributed by atoms with Crippen molar-refractivity contribution in [3.05, 3.63) is 89.5 Å². The molecule has 30 heavy (non-hydrogen) atoms. The van der Waals surface area contributed by atoms with E-state index in [0.717, 1.165) is 10.9 Å². The molecule has 1 heterocycles. The second-order valence-electron chi connectivity index (χ2n) is 7.07. The maximum atomic E-state index is 12.8. The molecule has 2 amide bonds. The molecule has 0 aromatic heterocycles. The number of rotatable bonds is 7. The van der Waals surface area contributed by atoms with E-state index in [2.05, 4.69) is 0 Å². The van der Waals surface area contributed by atoms with Crippen molar-refractivity contribution < 1.29 is 19.1 Å². The topological polar surface area (TPSA) is 63.7 Å². The molecular weight excluding hydrogens is 378 g/mol. The van der Waals surface area contributed by atoms with E-state index in [0.29, 0.717) is 22.9 Å². The van der Waals surface area contributed by atoms with E-state index in [4.69, 9.17) is 4.74 Å². The molecule has 5 heteroatoms. The maximum Gasteiger partial charge on any atom is 0.306 e. The minimum atomic E-state index is -0.355. The van der Waals surface area contributed by atoms with E-state index >= 15 is 0 Å². The molecule has 0 saturated heterocycles. The van der Waals surface area contributed by atoms with Gasteiger partial charge in [-0.1, -0.05) is 60.7 Å². The number of imide groups is 1. The Morgan fingerprint density at radius 3 is 2.20 bits per heavy atom. The van der Waals surface area contributed by atoms with E-state index < -0.39 is 0 Å². The molecule has 0 radical (unpaired) electrons. The Labute approximate surface area is 174 Å². The average molecular weight is 399 g/mol. The largest absolute Gasteiger partial charge is 0.461 e. The van der Waals surface area contributed by atoms with Crippen molar-refractivity contribution in [1.29, 1.82) is 0 Å². The lowest BCUT2D eigenvalue weighted by molar-refractivity contribution is -0.142. The Kier molecular flexibility index (Phi) is 5.70.